The summed E-state index contributed by atoms with van der Waals surface area (Å²) in [6, 6.07) is 8.72. The van der Waals surface area contributed by atoms with E-state index in [-0.39, 0.29) is 37.6 Å². The van der Waals surface area contributed by atoms with Crippen LogP contribution in [0.15, 0.2) is 36.5 Å². The molecular formula is C29H39N5O6. The molecule has 0 aliphatic carbocycles. The second-order valence-electron chi connectivity index (χ2n) is 10.9. The van der Waals surface area contributed by atoms with Gasteiger partial charge in [0.05, 0.1) is 32.6 Å². The van der Waals surface area contributed by atoms with Crippen LogP contribution >= 0.6 is 0 Å². The Morgan fingerprint density at radius 3 is 2.45 bits per heavy atom. The number of imide groups is 1. The Bertz CT molecular complexity index is 1230. The van der Waals surface area contributed by atoms with Gasteiger partial charge < -0.3 is 24.0 Å². The number of methoxy groups -OCH3 is 2. The second kappa shape index (κ2) is 12.0. The summed E-state index contributed by atoms with van der Waals surface area (Å²) in [6.07, 6.45) is 2.40. The zero-order chi connectivity index (χ0) is 29.0. The van der Waals surface area contributed by atoms with E-state index in [0.29, 0.717) is 42.4 Å². The quantitative estimate of drug-likeness (QED) is 0.500. The van der Waals surface area contributed by atoms with Crippen LogP contribution in [0.5, 0.6) is 11.5 Å². The van der Waals surface area contributed by atoms with E-state index in [2.05, 4.69) is 16.8 Å². The molecule has 3 heterocycles. The van der Waals surface area contributed by atoms with Crippen LogP contribution in [0.25, 0.3) is 0 Å². The predicted molar refractivity (Wildman–Crippen MR) is 151 cm³/mol. The number of anilines is 2. The van der Waals surface area contributed by atoms with Crippen molar-refractivity contribution in [2.75, 3.05) is 50.2 Å². The van der Waals surface area contributed by atoms with Gasteiger partial charge in [0.2, 0.25) is 5.91 Å². The molecule has 216 valence electrons. The minimum Gasteiger partial charge on any atom is -0.497 e. The summed E-state index contributed by atoms with van der Waals surface area (Å²) in [5, 5.41) is 0. The lowest BCUT2D eigenvalue weighted by atomic mass is 10.1. The Morgan fingerprint density at radius 1 is 1.05 bits per heavy atom. The third-order valence-corrected chi connectivity index (χ3v) is 7.08. The van der Waals surface area contributed by atoms with Crippen molar-refractivity contribution in [2.45, 2.75) is 58.7 Å². The predicted octanol–water partition coefficient (Wildman–Crippen LogP) is 4.29. The molecule has 0 spiro atoms. The number of rotatable bonds is 7. The van der Waals surface area contributed by atoms with Gasteiger partial charge in [-0.15, -0.1) is 0 Å². The van der Waals surface area contributed by atoms with Crippen molar-refractivity contribution in [1.29, 1.82) is 0 Å². The van der Waals surface area contributed by atoms with Gasteiger partial charge in [0.25, 0.3) is 0 Å². The number of benzene rings is 1. The van der Waals surface area contributed by atoms with Gasteiger partial charge in [0.15, 0.2) is 0 Å². The number of nitrogens with zero attached hydrogens (tertiary/aromatic N) is 5. The largest absolute Gasteiger partial charge is 0.497 e. The van der Waals surface area contributed by atoms with Crippen molar-refractivity contribution in [3.63, 3.8) is 0 Å². The summed E-state index contributed by atoms with van der Waals surface area (Å²) in [4.78, 5) is 50.2. The van der Waals surface area contributed by atoms with E-state index in [1.165, 1.54) is 12.0 Å². The van der Waals surface area contributed by atoms with Gasteiger partial charge in [-0.1, -0.05) is 6.92 Å². The average Bonchev–Trinajstić information content (AvgIpc) is 2.94. The van der Waals surface area contributed by atoms with Gasteiger partial charge in [0, 0.05) is 50.3 Å². The maximum Gasteiger partial charge on any atom is 0.410 e. The van der Waals surface area contributed by atoms with Gasteiger partial charge in [-0.2, -0.15) is 0 Å². The number of urea groups is 1. The molecule has 2 aromatic rings. The first-order valence-electron chi connectivity index (χ1n) is 13.6. The summed E-state index contributed by atoms with van der Waals surface area (Å²) in [5.41, 5.74) is 0.782. The minimum absolute atomic E-state index is 0.0869. The Kier molecular flexibility index (Phi) is 8.70. The Labute approximate surface area is 235 Å². The number of hydrogen-bond acceptors (Lipinski definition) is 8. The fraction of sp³-hybridized carbons (Fsp3) is 0.517. The summed E-state index contributed by atoms with van der Waals surface area (Å²) < 4.78 is 16.3. The summed E-state index contributed by atoms with van der Waals surface area (Å²) >= 11 is 0. The van der Waals surface area contributed by atoms with Crippen molar-refractivity contribution in [3.8, 4) is 11.5 Å². The molecule has 4 amide bonds. The van der Waals surface area contributed by atoms with Crippen molar-refractivity contribution in [3.05, 3.63) is 42.1 Å². The minimum atomic E-state index is -0.542. The number of amides is 4. The van der Waals surface area contributed by atoms with Crippen LogP contribution in [0.4, 0.5) is 21.1 Å². The summed E-state index contributed by atoms with van der Waals surface area (Å²) in [7, 11) is 3.11. The van der Waals surface area contributed by atoms with E-state index < -0.39 is 11.6 Å². The molecule has 0 radical (unpaired) electrons. The number of hydrogen-bond donors (Lipinski definition) is 0. The molecule has 1 aromatic heterocycles. The molecule has 1 aromatic carbocycles. The molecule has 2 aliphatic rings. The van der Waals surface area contributed by atoms with Gasteiger partial charge in [-0.3, -0.25) is 14.6 Å². The maximum absolute atomic E-state index is 13.4. The first kappa shape index (κ1) is 29.0. The number of carbonyl (C=O) groups is 3. The average molecular weight is 554 g/mol. The van der Waals surface area contributed by atoms with Crippen molar-refractivity contribution in [2.24, 2.45) is 0 Å². The lowest BCUT2D eigenvalue weighted by Crippen LogP contribution is -2.55. The molecule has 11 nitrogen and oxygen atoms in total. The number of ether oxygens (including phenoxy) is 3. The van der Waals surface area contributed by atoms with E-state index in [0.717, 1.165) is 12.2 Å². The van der Waals surface area contributed by atoms with Crippen LogP contribution < -0.4 is 19.3 Å². The van der Waals surface area contributed by atoms with Gasteiger partial charge in [0.1, 0.15) is 22.9 Å². The van der Waals surface area contributed by atoms with Crippen molar-refractivity contribution < 1.29 is 28.6 Å². The van der Waals surface area contributed by atoms with E-state index in [4.69, 9.17) is 14.2 Å². The fourth-order valence-corrected chi connectivity index (χ4v) is 4.95. The number of aromatic nitrogens is 1. The number of carbonyl (C=O) groups excluding carboxylic acids is 3. The van der Waals surface area contributed by atoms with E-state index in [1.54, 1.807) is 41.3 Å². The third kappa shape index (κ3) is 6.40. The van der Waals surface area contributed by atoms with Crippen molar-refractivity contribution >= 4 is 29.5 Å². The highest BCUT2D eigenvalue weighted by atomic mass is 16.6. The SMILES string of the molecule is CC[C@@H]1CN(C(=O)OC(C)(C)C)CCN1c1ccc(N2CCC(=O)N(Cc3ccc(OC)cc3OC)C2=O)cn1. The molecule has 11 heteroatoms. The molecule has 0 bridgehead atoms. The highest BCUT2D eigenvalue weighted by Gasteiger charge is 2.35. The highest BCUT2D eigenvalue weighted by Crippen LogP contribution is 2.29. The Balaban J connectivity index is 1.45. The molecule has 2 saturated heterocycles. The highest BCUT2D eigenvalue weighted by molar-refractivity contribution is 6.05. The van der Waals surface area contributed by atoms with Gasteiger partial charge in [-0.25, -0.2) is 14.6 Å². The lowest BCUT2D eigenvalue weighted by Gasteiger charge is -2.42. The second-order valence-corrected chi connectivity index (χ2v) is 10.9. The monoisotopic (exact) mass is 553 g/mol. The molecule has 0 N–H and O–H groups in total. The Hall–Kier alpha value is -4.02. The van der Waals surface area contributed by atoms with Crippen molar-refractivity contribution in [1.82, 2.24) is 14.8 Å². The molecule has 2 aliphatic heterocycles. The maximum atomic E-state index is 13.4. The van der Waals surface area contributed by atoms with E-state index in [1.807, 2.05) is 32.9 Å². The zero-order valence-electron chi connectivity index (χ0n) is 24.2. The first-order chi connectivity index (χ1) is 19.0. The smallest absolute Gasteiger partial charge is 0.410 e. The third-order valence-electron chi connectivity index (χ3n) is 7.08. The molecule has 0 unspecified atom stereocenters. The normalized spacial score (nSPS) is 18.2. The molecule has 40 heavy (non-hydrogen) atoms. The van der Waals surface area contributed by atoms with Crippen LogP contribution in [-0.4, -0.2) is 84.9 Å². The first-order valence-corrected chi connectivity index (χ1v) is 13.6. The summed E-state index contributed by atoms with van der Waals surface area (Å²) in [6.45, 7) is 9.75. The van der Waals surface area contributed by atoms with Crippen LogP contribution in [0, 0.1) is 0 Å². The molecular weight excluding hydrogens is 514 g/mol. The Morgan fingerprint density at radius 2 is 1.82 bits per heavy atom. The number of piperazine rings is 1. The summed E-state index contributed by atoms with van der Waals surface area (Å²) in [5.74, 6) is 1.71. The van der Waals surface area contributed by atoms with E-state index >= 15 is 0 Å². The lowest BCUT2D eigenvalue weighted by molar-refractivity contribution is -0.129. The van der Waals surface area contributed by atoms with E-state index in [9.17, 15) is 14.4 Å². The standard InChI is InChI=1S/C29H39N5O6/c1-7-21-19-31(28(37)40-29(2,3)4)14-15-32(21)25-11-9-22(17-30-25)33-13-12-26(35)34(27(33)36)18-20-8-10-23(38-5)16-24(20)39-6/h8-11,16-17,21H,7,12-15,18-19H2,1-6H3/t21-/m1/s1. The fourth-order valence-electron chi connectivity index (χ4n) is 4.95. The van der Waals surface area contributed by atoms with Crippen LogP contribution in [0.2, 0.25) is 0 Å². The number of pyridine rings is 1. The van der Waals surface area contributed by atoms with Gasteiger partial charge in [-0.05, 0) is 51.5 Å². The molecule has 1 atom stereocenters. The molecule has 4 rings (SSSR count). The topological polar surface area (TPSA) is 105 Å². The van der Waals surface area contributed by atoms with Gasteiger partial charge >= 0.3 is 12.1 Å². The van der Waals surface area contributed by atoms with Crippen LogP contribution in [0.1, 0.15) is 46.1 Å². The molecule has 2 fully saturated rings. The zero-order valence-corrected chi connectivity index (χ0v) is 24.2. The molecule has 0 saturated carbocycles. The van der Waals surface area contributed by atoms with Crippen LogP contribution in [0.3, 0.4) is 0 Å². The van der Waals surface area contributed by atoms with Crippen LogP contribution in [-0.2, 0) is 16.1 Å².